The van der Waals surface area contributed by atoms with E-state index in [1.54, 1.807) is 11.3 Å². The van der Waals surface area contributed by atoms with E-state index in [1.807, 2.05) is 0 Å². The molecule has 2 N–H and O–H groups in total. The second-order valence-corrected chi connectivity index (χ2v) is 7.67. The van der Waals surface area contributed by atoms with Gasteiger partial charge in [-0.25, -0.2) is 4.98 Å². The fourth-order valence-electron chi connectivity index (χ4n) is 2.62. The van der Waals surface area contributed by atoms with Crippen LogP contribution in [0.5, 0.6) is 0 Å². The number of rotatable bonds is 4. The Morgan fingerprint density at radius 1 is 1.32 bits per heavy atom. The highest BCUT2D eigenvalue weighted by Gasteiger charge is 2.31. The molecule has 3 nitrogen and oxygen atoms in total. The molecule has 0 amide bonds. The zero-order chi connectivity index (χ0) is 13.9. The molecule has 4 heteroatoms. The molecule has 1 aliphatic rings. The van der Waals surface area contributed by atoms with Crippen LogP contribution in [-0.4, -0.2) is 22.2 Å². The van der Waals surface area contributed by atoms with E-state index in [2.05, 4.69) is 31.5 Å². The Hall–Kier alpha value is -0.450. The van der Waals surface area contributed by atoms with Gasteiger partial charge in [-0.3, -0.25) is 0 Å². The summed E-state index contributed by atoms with van der Waals surface area (Å²) in [5, 5.41) is 16.5. The van der Waals surface area contributed by atoms with Gasteiger partial charge in [0.25, 0.3) is 0 Å². The maximum atomic E-state index is 9.67. The van der Waals surface area contributed by atoms with E-state index >= 15 is 0 Å². The Balaban J connectivity index is 1.96. The van der Waals surface area contributed by atoms with Crippen LogP contribution in [0.15, 0.2) is 5.38 Å². The number of aromatic nitrogens is 1. The molecular weight excluding hydrogens is 256 g/mol. The third kappa shape index (κ3) is 3.77. The van der Waals surface area contributed by atoms with Crippen LogP contribution in [0, 0.1) is 0 Å². The van der Waals surface area contributed by atoms with Crippen LogP contribution in [0.25, 0.3) is 0 Å². The van der Waals surface area contributed by atoms with E-state index in [4.69, 9.17) is 4.98 Å². The van der Waals surface area contributed by atoms with Gasteiger partial charge in [0.15, 0.2) is 0 Å². The third-order valence-electron chi connectivity index (χ3n) is 4.05. The van der Waals surface area contributed by atoms with Crippen LogP contribution in [0.3, 0.4) is 0 Å². The van der Waals surface area contributed by atoms with Crippen LogP contribution < -0.4 is 5.32 Å². The molecule has 1 aliphatic carbocycles. The van der Waals surface area contributed by atoms with Crippen LogP contribution in [0.2, 0.25) is 0 Å². The van der Waals surface area contributed by atoms with Crippen molar-refractivity contribution >= 4 is 11.3 Å². The van der Waals surface area contributed by atoms with E-state index in [1.165, 1.54) is 19.3 Å². The molecule has 19 heavy (non-hydrogen) atoms. The summed E-state index contributed by atoms with van der Waals surface area (Å²) in [6, 6.07) is 0. The normalized spacial score (nSPS) is 19.6. The minimum Gasteiger partial charge on any atom is -0.394 e. The molecule has 1 saturated carbocycles. The highest BCUT2D eigenvalue weighted by molar-refractivity contribution is 7.09. The van der Waals surface area contributed by atoms with Gasteiger partial charge in [-0.1, -0.05) is 40.0 Å². The molecule has 0 radical (unpaired) electrons. The lowest BCUT2D eigenvalue weighted by molar-refractivity contribution is 0.119. The number of nitrogens with one attached hydrogen (secondary N) is 1. The van der Waals surface area contributed by atoms with Gasteiger partial charge in [-0.15, -0.1) is 11.3 Å². The summed E-state index contributed by atoms with van der Waals surface area (Å²) in [7, 11) is 0. The smallest absolute Gasteiger partial charge is 0.107 e. The lowest BCUT2D eigenvalue weighted by atomic mass is 9.82. The second kappa shape index (κ2) is 5.90. The summed E-state index contributed by atoms with van der Waals surface area (Å²) < 4.78 is 0. The predicted octanol–water partition coefficient (Wildman–Crippen LogP) is 3.23. The summed E-state index contributed by atoms with van der Waals surface area (Å²) in [6.45, 7) is 7.59. The zero-order valence-electron chi connectivity index (χ0n) is 12.3. The van der Waals surface area contributed by atoms with Crippen molar-refractivity contribution in [3.63, 3.8) is 0 Å². The number of hydrogen-bond donors (Lipinski definition) is 2. The van der Waals surface area contributed by atoms with E-state index in [0.717, 1.165) is 30.1 Å². The second-order valence-electron chi connectivity index (χ2n) is 6.73. The third-order valence-corrected chi connectivity index (χ3v) is 4.90. The molecule has 1 aromatic heterocycles. The van der Waals surface area contributed by atoms with Gasteiger partial charge in [-0.2, -0.15) is 0 Å². The van der Waals surface area contributed by atoms with Gasteiger partial charge >= 0.3 is 0 Å². The van der Waals surface area contributed by atoms with Gasteiger partial charge in [0.2, 0.25) is 0 Å². The first-order valence-corrected chi connectivity index (χ1v) is 8.14. The lowest BCUT2D eigenvalue weighted by Gasteiger charge is -2.36. The molecular formula is C15H26N2OS. The largest absolute Gasteiger partial charge is 0.394 e. The monoisotopic (exact) mass is 282 g/mol. The highest BCUT2D eigenvalue weighted by atomic mass is 32.1. The molecule has 0 unspecified atom stereocenters. The molecule has 1 aromatic rings. The fraction of sp³-hybridized carbons (Fsp3) is 0.800. The van der Waals surface area contributed by atoms with E-state index in [-0.39, 0.29) is 17.6 Å². The summed E-state index contributed by atoms with van der Waals surface area (Å²) in [5.41, 5.74) is 1.22. The molecule has 0 spiro atoms. The van der Waals surface area contributed by atoms with Gasteiger partial charge < -0.3 is 10.4 Å². The molecule has 2 rings (SSSR count). The topological polar surface area (TPSA) is 45.1 Å². The predicted molar refractivity (Wildman–Crippen MR) is 80.6 cm³/mol. The van der Waals surface area contributed by atoms with Crippen molar-refractivity contribution in [1.82, 2.24) is 10.3 Å². The zero-order valence-corrected chi connectivity index (χ0v) is 13.1. The Morgan fingerprint density at radius 2 is 2.00 bits per heavy atom. The number of aliphatic hydroxyl groups is 1. The standard InChI is InChI=1S/C15H26N2OS/c1-14(2,3)12-10-19-13(17-12)9-16-15(11-18)7-5-4-6-8-15/h10,16,18H,4-9,11H2,1-3H3. The van der Waals surface area contributed by atoms with E-state index in [0.29, 0.717) is 0 Å². The molecule has 0 atom stereocenters. The SMILES string of the molecule is CC(C)(C)c1csc(CNC2(CO)CCCCC2)n1. The van der Waals surface area contributed by atoms with Crippen molar-refractivity contribution in [2.24, 2.45) is 0 Å². The Labute approximate surface area is 120 Å². The maximum Gasteiger partial charge on any atom is 0.107 e. The van der Waals surface area contributed by atoms with Gasteiger partial charge in [0.1, 0.15) is 5.01 Å². The minimum absolute atomic E-state index is 0.0637. The first-order chi connectivity index (χ1) is 8.95. The van der Waals surface area contributed by atoms with Crippen molar-refractivity contribution in [3.05, 3.63) is 16.1 Å². The molecule has 0 aliphatic heterocycles. The quantitative estimate of drug-likeness (QED) is 0.891. The summed E-state index contributed by atoms with van der Waals surface area (Å²) >= 11 is 1.72. The van der Waals surface area contributed by atoms with Crippen molar-refractivity contribution in [2.75, 3.05) is 6.61 Å². The molecule has 1 fully saturated rings. The summed E-state index contributed by atoms with van der Waals surface area (Å²) in [6.07, 6.45) is 5.91. The Morgan fingerprint density at radius 3 is 2.53 bits per heavy atom. The average molecular weight is 282 g/mol. The van der Waals surface area contributed by atoms with E-state index in [9.17, 15) is 5.11 Å². The first kappa shape index (κ1) is 14.9. The van der Waals surface area contributed by atoms with Crippen LogP contribution >= 0.6 is 11.3 Å². The van der Waals surface area contributed by atoms with Crippen molar-refractivity contribution in [1.29, 1.82) is 0 Å². The minimum atomic E-state index is -0.0637. The van der Waals surface area contributed by atoms with Crippen LogP contribution in [-0.2, 0) is 12.0 Å². The van der Waals surface area contributed by atoms with Crippen molar-refractivity contribution in [2.45, 2.75) is 70.4 Å². The van der Waals surface area contributed by atoms with Gasteiger partial charge in [-0.05, 0) is 12.8 Å². The number of nitrogens with zero attached hydrogens (tertiary/aromatic N) is 1. The Bertz CT molecular complexity index is 403. The number of thiazole rings is 1. The highest BCUT2D eigenvalue weighted by Crippen LogP contribution is 2.29. The number of hydrogen-bond acceptors (Lipinski definition) is 4. The molecule has 0 bridgehead atoms. The molecule has 0 saturated heterocycles. The summed E-state index contributed by atoms with van der Waals surface area (Å²) in [4.78, 5) is 4.71. The molecule has 1 heterocycles. The summed E-state index contributed by atoms with van der Waals surface area (Å²) in [5.74, 6) is 0. The molecule has 0 aromatic carbocycles. The average Bonchev–Trinajstić information content (AvgIpc) is 2.86. The van der Waals surface area contributed by atoms with Gasteiger partial charge in [0.05, 0.1) is 12.3 Å². The number of aliphatic hydroxyl groups excluding tert-OH is 1. The van der Waals surface area contributed by atoms with Crippen molar-refractivity contribution in [3.8, 4) is 0 Å². The molecule has 108 valence electrons. The lowest BCUT2D eigenvalue weighted by Crippen LogP contribution is -2.49. The van der Waals surface area contributed by atoms with E-state index < -0.39 is 0 Å². The fourth-order valence-corrected chi connectivity index (χ4v) is 3.58. The van der Waals surface area contributed by atoms with Gasteiger partial charge in [0, 0.05) is 22.9 Å². The maximum absolute atomic E-state index is 9.67. The van der Waals surface area contributed by atoms with Crippen LogP contribution in [0.4, 0.5) is 0 Å². The first-order valence-electron chi connectivity index (χ1n) is 7.26. The Kier molecular flexibility index (Phi) is 4.64. The van der Waals surface area contributed by atoms with Crippen LogP contribution in [0.1, 0.15) is 63.6 Å². The van der Waals surface area contributed by atoms with Crippen molar-refractivity contribution < 1.29 is 5.11 Å².